The Morgan fingerprint density at radius 2 is 2.22 bits per heavy atom. The lowest BCUT2D eigenvalue weighted by Gasteiger charge is -2.17. The summed E-state index contributed by atoms with van der Waals surface area (Å²) in [5.41, 5.74) is 1.33. The first-order valence-electron chi connectivity index (χ1n) is 6.14. The lowest BCUT2D eigenvalue weighted by atomic mass is 10.2. The zero-order valence-electron chi connectivity index (χ0n) is 10.5. The first-order valence-corrected chi connectivity index (χ1v) is 6.14. The monoisotopic (exact) mass is 256 g/mol. The van der Waals surface area contributed by atoms with E-state index >= 15 is 0 Å². The molecule has 4 N–H and O–H groups in total. The molecule has 0 aromatic rings. The standard InChI is InChI=1S/C12H20N2O4/c1-8(15)10(11(16)17)14-12(18)13-7-6-9-4-2-3-5-9/h4,8,10,15H,2-3,5-7H2,1H3,(H,16,17)(H2,13,14,18)/t8-,10+/m1/s1. The van der Waals surface area contributed by atoms with Crippen molar-refractivity contribution in [1.29, 1.82) is 0 Å². The van der Waals surface area contributed by atoms with Crippen LogP contribution in [0.15, 0.2) is 11.6 Å². The van der Waals surface area contributed by atoms with Crippen LogP contribution >= 0.6 is 0 Å². The zero-order valence-corrected chi connectivity index (χ0v) is 10.5. The number of aliphatic carboxylic acids is 1. The van der Waals surface area contributed by atoms with Crippen molar-refractivity contribution in [2.45, 2.75) is 44.8 Å². The molecule has 6 nitrogen and oxygen atoms in total. The maximum atomic E-state index is 11.4. The molecule has 1 aliphatic carbocycles. The molecule has 0 bridgehead atoms. The van der Waals surface area contributed by atoms with E-state index in [4.69, 9.17) is 5.11 Å². The lowest BCUT2D eigenvalue weighted by molar-refractivity contribution is -0.141. The molecule has 0 saturated heterocycles. The number of urea groups is 1. The van der Waals surface area contributed by atoms with Crippen LogP contribution in [0.5, 0.6) is 0 Å². The van der Waals surface area contributed by atoms with E-state index in [0.717, 1.165) is 19.3 Å². The third-order valence-corrected chi connectivity index (χ3v) is 2.90. The Labute approximate surface area is 106 Å². The molecular formula is C12H20N2O4. The molecule has 0 aromatic heterocycles. The second-order valence-corrected chi connectivity index (χ2v) is 4.46. The number of rotatable bonds is 6. The number of hydrogen-bond acceptors (Lipinski definition) is 3. The summed E-state index contributed by atoms with van der Waals surface area (Å²) >= 11 is 0. The van der Waals surface area contributed by atoms with Crippen LogP contribution in [0.4, 0.5) is 4.79 Å². The van der Waals surface area contributed by atoms with Crippen LogP contribution < -0.4 is 10.6 Å². The Morgan fingerprint density at radius 3 is 2.72 bits per heavy atom. The molecule has 0 saturated carbocycles. The van der Waals surface area contributed by atoms with Gasteiger partial charge in [-0.15, -0.1) is 0 Å². The van der Waals surface area contributed by atoms with E-state index in [2.05, 4.69) is 16.7 Å². The average molecular weight is 256 g/mol. The summed E-state index contributed by atoms with van der Waals surface area (Å²) in [6.45, 7) is 1.80. The largest absolute Gasteiger partial charge is 0.480 e. The van der Waals surface area contributed by atoms with Crippen LogP contribution in [0.2, 0.25) is 0 Å². The summed E-state index contributed by atoms with van der Waals surface area (Å²) in [5.74, 6) is -1.25. The van der Waals surface area contributed by atoms with Crippen LogP contribution in [-0.4, -0.2) is 40.9 Å². The number of aliphatic hydroxyl groups is 1. The van der Waals surface area contributed by atoms with Crippen LogP contribution in [0.25, 0.3) is 0 Å². The summed E-state index contributed by atoms with van der Waals surface area (Å²) in [6, 6.07) is -1.85. The molecule has 1 aliphatic rings. The highest BCUT2D eigenvalue weighted by atomic mass is 16.4. The fraction of sp³-hybridized carbons (Fsp3) is 0.667. The van der Waals surface area contributed by atoms with Gasteiger partial charge in [0.1, 0.15) is 0 Å². The zero-order chi connectivity index (χ0) is 13.5. The second kappa shape index (κ2) is 7.00. The summed E-state index contributed by atoms with van der Waals surface area (Å²) < 4.78 is 0. The number of hydrogen-bond donors (Lipinski definition) is 4. The van der Waals surface area contributed by atoms with Crippen LogP contribution in [0.1, 0.15) is 32.6 Å². The van der Waals surface area contributed by atoms with Crippen molar-refractivity contribution in [2.75, 3.05) is 6.54 Å². The summed E-state index contributed by atoms with van der Waals surface area (Å²) in [5, 5.41) is 22.8. The molecular weight excluding hydrogens is 236 g/mol. The fourth-order valence-electron chi connectivity index (χ4n) is 1.88. The van der Waals surface area contributed by atoms with Crippen molar-refractivity contribution < 1.29 is 19.8 Å². The number of allylic oxidation sites excluding steroid dienone is 1. The van der Waals surface area contributed by atoms with Crippen molar-refractivity contribution in [3.63, 3.8) is 0 Å². The van der Waals surface area contributed by atoms with Gasteiger partial charge in [0.15, 0.2) is 6.04 Å². The van der Waals surface area contributed by atoms with Crippen LogP contribution in [-0.2, 0) is 4.79 Å². The molecule has 0 aliphatic heterocycles. The van der Waals surface area contributed by atoms with Gasteiger partial charge >= 0.3 is 12.0 Å². The molecule has 0 unspecified atom stereocenters. The highest BCUT2D eigenvalue weighted by molar-refractivity contribution is 5.82. The van der Waals surface area contributed by atoms with E-state index in [0.29, 0.717) is 6.54 Å². The number of carboxylic acids is 1. The minimum Gasteiger partial charge on any atom is -0.480 e. The molecule has 0 heterocycles. The van der Waals surface area contributed by atoms with Crippen molar-refractivity contribution in [2.24, 2.45) is 0 Å². The normalized spacial score (nSPS) is 17.8. The van der Waals surface area contributed by atoms with Crippen molar-refractivity contribution in [1.82, 2.24) is 10.6 Å². The van der Waals surface area contributed by atoms with E-state index in [1.165, 1.54) is 18.9 Å². The molecule has 0 aromatic carbocycles. The molecule has 6 heteroatoms. The smallest absolute Gasteiger partial charge is 0.328 e. The Morgan fingerprint density at radius 1 is 1.50 bits per heavy atom. The maximum Gasteiger partial charge on any atom is 0.328 e. The van der Waals surface area contributed by atoms with Crippen LogP contribution in [0, 0.1) is 0 Å². The quantitative estimate of drug-likeness (QED) is 0.523. The molecule has 0 spiro atoms. The number of carbonyl (C=O) groups is 2. The first kappa shape index (κ1) is 14.5. The second-order valence-electron chi connectivity index (χ2n) is 4.46. The molecule has 102 valence electrons. The van der Waals surface area contributed by atoms with Gasteiger partial charge in [-0.1, -0.05) is 11.6 Å². The van der Waals surface area contributed by atoms with E-state index < -0.39 is 24.1 Å². The average Bonchev–Trinajstić information content (AvgIpc) is 2.78. The highest BCUT2D eigenvalue weighted by Crippen LogP contribution is 2.19. The van der Waals surface area contributed by atoms with E-state index in [1.807, 2.05) is 0 Å². The van der Waals surface area contributed by atoms with Gasteiger partial charge in [0.2, 0.25) is 0 Å². The molecule has 0 radical (unpaired) electrons. The maximum absolute atomic E-state index is 11.4. The lowest BCUT2D eigenvalue weighted by Crippen LogP contribution is -2.51. The van der Waals surface area contributed by atoms with Crippen molar-refractivity contribution >= 4 is 12.0 Å². The minimum atomic E-state index is -1.28. The topological polar surface area (TPSA) is 98.7 Å². The predicted molar refractivity (Wildman–Crippen MR) is 66.2 cm³/mol. The number of carboxylic acid groups (broad SMARTS) is 1. The number of aliphatic hydroxyl groups excluding tert-OH is 1. The van der Waals surface area contributed by atoms with Crippen LogP contribution in [0.3, 0.4) is 0 Å². The SMILES string of the molecule is C[C@@H](O)[C@H](NC(=O)NCCC1=CCCC1)C(=O)O. The highest BCUT2D eigenvalue weighted by Gasteiger charge is 2.24. The fourth-order valence-corrected chi connectivity index (χ4v) is 1.88. The molecule has 2 amide bonds. The Kier molecular flexibility index (Phi) is 5.64. The van der Waals surface area contributed by atoms with Gasteiger partial charge in [0.05, 0.1) is 6.10 Å². The summed E-state index contributed by atoms with van der Waals surface area (Å²) in [4.78, 5) is 22.2. The Hall–Kier alpha value is -1.56. The van der Waals surface area contributed by atoms with Gasteiger partial charge in [0, 0.05) is 6.54 Å². The third-order valence-electron chi connectivity index (χ3n) is 2.90. The van der Waals surface area contributed by atoms with Crippen molar-refractivity contribution in [3.05, 3.63) is 11.6 Å². The van der Waals surface area contributed by atoms with Gasteiger partial charge in [-0.2, -0.15) is 0 Å². The molecule has 1 rings (SSSR count). The minimum absolute atomic E-state index is 0.476. The van der Waals surface area contributed by atoms with E-state index in [-0.39, 0.29) is 0 Å². The first-order chi connectivity index (χ1) is 8.50. The van der Waals surface area contributed by atoms with Gasteiger partial charge in [-0.25, -0.2) is 9.59 Å². The number of nitrogens with one attached hydrogen (secondary N) is 2. The van der Waals surface area contributed by atoms with Gasteiger partial charge < -0.3 is 20.8 Å². The summed E-state index contributed by atoms with van der Waals surface area (Å²) in [7, 11) is 0. The Bertz CT molecular complexity index is 339. The van der Waals surface area contributed by atoms with Gasteiger partial charge in [-0.3, -0.25) is 0 Å². The summed E-state index contributed by atoms with van der Waals surface area (Å²) in [6.07, 6.45) is 5.19. The third kappa shape index (κ3) is 4.75. The number of carbonyl (C=O) groups excluding carboxylic acids is 1. The molecule has 0 fully saturated rings. The van der Waals surface area contributed by atoms with E-state index in [1.54, 1.807) is 0 Å². The predicted octanol–water partition coefficient (Wildman–Crippen LogP) is 0.620. The Balaban J connectivity index is 2.25. The van der Waals surface area contributed by atoms with Gasteiger partial charge in [-0.05, 0) is 32.6 Å². The van der Waals surface area contributed by atoms with E-state index in [9.17, 15) is 14.7 Å². The molecule has 2 atom stereocenters. The number of amides is 2. The van der Waals surface area contributed by atoms with Gasteiger partial charge in [0.25, 0.3) is 0 Å². The van der Waals surface area contributed by atoms with Crippen molar-refractivity contribution in [3.8, 4) is 0 Å². The molecule has 18 heavy (non-hydrogen) atoms.